The summed E-state index contributed by atoms with van der Waals surface area (Å²) in [5.74, 6) is 0. The number of hydrogen-bond acceptors (Lipinski definition) is 1. The van der Waals surface area contributed by atoms with E-state index in [9.17, 15) is 0 Å². The van der Waals surface area contributed by atoms with Crippen LogP contribution in [0.15, 0.2) is 42.5 Å². The van der Waals surface area contributed by atoms with Gasteiger partial charge in [-0.25, -0.2) is 0 Å². The maximum atomic E-state index is 6.03. The van der Waals surface area contributed by atoms with Crippen molar-refractivity contribution in [2.75, 3.05) is 0 Å². The van der Waals surface area contributed by atoms with Crippen LogP contribution in [-0.2, 0) is 0 Å². The fourth-order valence-electron chi connectivity index (χ4n) is 1.94. The maximum Gasteiger partial charge on any atom is 0.0927 e. The summed E-state index contributed by atoms with van der Waals surface area (Å²) >= 11 is 23.9. The molecule has 0 radical (unpaired) electrons. The highest BCUT2D eigenvalue weighted by Gasteiger charge is 2.09. The molecule has 3 rings (SSSR count). The number of halogens is 4. The number of rotatable bonds is 2. The molecule has 2 nitrogen and oxygen atoms in total. The molecular formula is C15H8Cl4N2. The molecule has 0 saturated heterocycles. The van der Waals surface area contributed by atoms with Crippen LogP contribution in [0.1, 0.15) is 0 Å². The molecule has 0 bridgehead atoms. The van der Waals surface area contributed by atoms with Crippen molar-refractivity contribution in [1.82, 2.24) is 10.2 Å². The molecule has 3 aromatic rings. The minimum Gasteiger partial charge on any atom is -0.277 e. The van der Waals surface area contributed by atoms with Gasteiger partial charge in [0.25, 0.3) is 0 Å². The number of aromatic amines is 1. The van der Waals surface area contributed by atoms with Gasteiger partial charge in [-0.3, -0.25) is 5.10 Å². The van der Waals surface area contributed by atoms with Crippen LogP contribution >= 0.6 is 46.4 Å². The van der Waals surface area contributed by atoms with Crippen LogP contribution in [0.2, 0.25) is 20.1 Å². The second-order valence-corrected chi connectivity index (χ2v) is 6.05. The largest absolute Gasteiger partial charge is 0.277 e. The molecule has 0 aliphatic heterocycles. The molecular weight excluding hydrogens is 350 g/mol. The molecule has 0 fully saturated rings. The van der Waals surface area contributed by atoms with Crippen LogP contribution in [-0.4, -0.2) is 10.2 Å². The lowest BCUT2D eigenvalue weighted by atomic mass is 10.1. The molecule has 6 heteroatoms. The Labute approximate surface area is 141 Å². The molecule has 0 unspecified atom stereocenters. The van der Waals surface area contributed by atoms with E-state index < -0.39 is 0 Å². The Morgan fingerprint density at radius 2 is 1.24 bits per heavy atom. The van der Waals surface area contributed by atoms with E-state index in [1.807, 2.05) is 18.2 Å². The predicted octanol–water partition coefficient (Wildman–Crippen LogP) is 6.36. The smallest absolute Gasteiger partial charge is 0.0927 e. The summed E-state index contributed by atoms with van der Waals surface area (Å²) in [5, 5.41) is 9.28. The van der Waals surface area contributed by atoms with Gasteiger partial charge in [-0.05, 0) is 30.3 Å². The molecule has 21 heavy (non-hydrogen) atoms. The fraction of sp³-hybridized carbons (Fsp3) is 0. The van der Waals surface area contributed by atoms with Gasteiger partial charge in [-0.1, -0.05) is 58.5 Å². The monoisotopic (exact) mass is 356 g/mol. The Kier molecular flexibility index (Phi) is 4.14. The van der Waals surface area contributed by atoms with Crippen molar-refractivity contribution in [3.63, 3.8) is 0 Å². The zero-order valence-electron chi connectivity index (χ0n) is 10.5. The highest BCUT2D eigenvalue weighted by atomic mass is 35.5. The van der Waals surface area contributed by atoms with E-state index in [-0.39, 0.29) is 0 Å². The molecule has 1 N–H and O–H groups in total. The van der Waals surface area contributed by atoms with Crippen molar-refractivity contribution in [2.45, 2.75) is 0 Å². The quantitative estimate of drug-likeness (QED) is 0.568. The van der Waals surface area contributed by atoms with Gasteiger partial charge in [0.05, 0.1) is 31.5 Å². The van der Waals surface area contributed by atoms with Crippen LogP contribution in [0.3, 0.4) is 0 Å². The summed E-state index contributed by atoms with van der Waals surface area (Å²) in [5.41, 5.74) is 3.40. The van der Waals surface area contributed by atoms with E-state index in [2.05, 4.69) is 10.2 Å². The Hall–Kier alpha value is -1.19. The summed E-state index contributed by atoms with van der Waals surface area (Å²) in [7, 11) is 0. The van der Waals surface area contributed by atoms with E-state index in [0.717, 1.165) is 22.5 Å². The lowest BCUT2D eigenvalue weighted by Crippen LogP contribution is -1.78. The first-order chi connectivity index (χ1) is 10.0. The first-order valence-corrected chi connectivity index (χ1v) is 7.52. The SMILES string of the molecule is Clc1ccc(-c2cc(-c3ccc(Cl)c(Cl)c3)[nH]n2)cc1Cl. The minimum absolute atomic E-state index is 0.494. The van der Waals surface area contributed by atoms with Gasteiger partial charge >= 0.3 is 0 Å². The summed E-state index contributed by atoms with van der Waals surface area (Å²) in [6.45, 7) is 0. The minimum atomic E-state index is 0.494. The molecule has 0 aliphatic rings. The summed E-state index contributed by atoms with van der Waals surface area (Å²) in [4.78, 5) is 0. The van der Waals surface area contributed by atoms with Crippen molar-refractivity contribution in [3.8, 4) is 22.5 Å². The van der Waals surface area contributed by atoms with Crippen LogP contribution in [0.4, 0.5) is 0 Å². The van der Waals surface area contributed by atoms with E-state index in [0.29, 0.717) is 20.1 Å². The lowest BCUT2D eigenvalue weighted by Gasteiger charge is -2.00. The molecule has 0 spiro atoms. The van der Waals surface area contributed by atoms with Gasteiger partial charge in [-0.15, -0.1) is 0 Å². The Balaban J connectivity index is 1.99. The average molecular weight is 358 g/mol. The summed E-state index contributed by atoms with van der Waals surface area (Å²) < 4.78 is 0. The Morgan fingerprint density at radius 1 is 0.667 bits per heavy atom. The van der Waals surface area contributed by atoms with Crippen molar-refractivity contribution >= 4 is 46.4 Å². The van der Waals surface area contributed by atoms with Crippen LogP contribution < -0.4 is 0 Å². The van der Waals surface area contributed by atoms with Crippen LogP contribution in [0, 0.1) is 0 Å². The van der Waals surface area contributed by atoms with Gasteiger partial charge in [0.1, 0.15) is 0 Å². The highest BCUT2D eigenvalue weighted by Crippen LogP contribution is 2.31. The Bertz CT molecular complexity index is 745. The topological polar surface area (TPSA) is 28.7 Å². The molecule has 0 amide bonds. The number of nitrogens with zero attached hydrogens (tertiary/aromatic N) is 1. The molecule has 0 atom stereocenters. The third-order valence-electron chi connectivity index (χ3n) is 3.02. The Morgan fingerprint density at radius 3 is 1.86 bits per heavy atom. The predicted molar refractivity (Wildman–Crippen MR) is 89.5 cm³/mol. The van der Waals surface area contributed by atoms with E-state index >= 15 is 0 Å². The van der Waals surface area contributed by atoms with Gasteiger partial charge < -0.3 is 0 Å². The maximum absolute atomic E-state index is 6.03. The number of H-pyrrole nitrogens is 1. The number of hydrogen-bond donors (Lipinski definition) is 1. The number of nitrogens with one attached hydrogen (secondary N) is 1. The molecule has 1 heterocycles. The van der Waals surface area contributed by atoms with E-state index in [1.165, 1.54) is 0 Å². The zero-order valence-corrected chi connectivity index (χ0v) is 13.5. The average Bonchev–Trinajstić information content (AvgIpc) is 2.94. The molecule has 0 aliphatic carbocycles. The van der Waals surface area contributed by atoms with E-state index in [4.69, 9.17) is 46.4 Å². The van der Waals surface area contributed by atoms with Gasteiger partial charge in [0, 0.05) is 11.1 Å². The molecule has 106 valence electrons. The first kappa shape index (κ1) is 14.7. The second kappa shape index (κ2) is 5.90. The third kappa shape index (κ3) is 3.04. The van der Waals surface area contributed by atoms with Gasteiger partial charge in [0.2, 0.25) is 0 Å². The third-order valence-corrected chi connectivity index (χ3v) is 4.50. The van der Waals surface area contributed by atoms with E-state index in [1.54, 1.807) is 24.3 Å². The van der Waals surface area contributed by atoms with Gasteiger partial charge in [-0.2, -0.15) is 5.10 Å². The van der Waals surface area contributed by atoms with Crippen molar-refractivity contribution in [1.29, 1.82) is 0 Å². The summed E-state index contributed by atoms with van der Waals surface area (Å²) in [6.07, 6.45) is 0. The van der Waals surface area contributed by atoms with Crippen LogP contribution in [0.5, 0.6) is 0 Å². The van der Waals surface area contributed by atoms with Crippen molar-refractivity contribution in [2.24, 2.45) is 0 Å². The standard InChI is InChI=1S/C15H8Cl4N2/c16-10-3-1-8(5-12(10)18)14-7-15(21-20-14)9-2-4-11(17)13(19)6-9/h1-7H,(H,20,21). The van der Waals surface area contributed by atoms with Crippen molar-refractivity contribution in [3.05, 3.63) is 62.6 Å². The number of benzene rings is 2. The molecule has 2 aromatic carbocycles. The lowest BCUT2D eigenvalue weighted by molar-refractivity contribution is 1.10. The van der Waals surface area contributed by atoms with Crippen LogP contribution in [0.25, 0.3) is 22.5 Å². The molecule has 0 saturated carbocycles. The second-order valence-electron chi connectivity index (χ2n) is 4.42. The fourth-order valence-corrected chi connectivity index (χ4v) is 2.53. The summed E-state index contributed by atoms with van der Waals surface area (Å²) in [6, 6.07) is 12.7. The first-order valence-electron chi connectivity index (χ1n) is 6.01. The zero-order chi connectivity index (χ0) is 15.0. The number of aromatic nitrogens is 2. The normalized spacial score (nSPS) is 10.9. The van der Waals surface area contributed by atoms with Gasteiger partial charge in [0.15, 0.2) is 0 Å². The molecule has 1 aromatic heterocycles. The van der Waals surface area contributed by atoms with Crippen molar-refractivity contribution < 1.29 is 0 Å². The highest BCUT2D eigenvalue weighted by molar-refractivity contribution is 6.42.